The molecule has 1 rings (SSSR count). The first-order valence-electron chi connectivity index (χ1n) is 3.11. The Morgan fingerprint density at radius 3 is 2.78 bits per heavy atom. The summed E-state index contributed by atoms with van der Waals surface area (Å²) in [6.07, 6.45) is 1.49. The van der Waals surface area contributed by atoms with Crippen LogP contribution in [-0.2, 0) is 0 Å². The van der Waals surface area contributed by atoms with E-state index >= 15 is 0 Å². The van der Waals surface area contributed by atoms with E-state index in [-0.39, 0.29) is 6.10 Å². The first kappa shape index (κ1) is 6.53. The molecule has 50 valence electrons. The number of aliphatic hydroxyl groups excluding tert-OH is 1. The second-order valence-corrected chi connectivity index (χ2v) is 2.36. The molecule has 0 radical (unpaired) electrons. The number of rotatable bonds is 2. The van der Waals surface area contributed by atoms with Crippen molar-refractivity contribution in [3.8, 4) is 6.07 Å². The monoisotopic (exact) mass is 126 g/mol. The Morgan fingerprint density at radius 2 is 2.33 bits per heavy atom. The Morgan fingerprint density at radius 1 is 1.67 bits per heavy atom. The number of nitriles is 1. The van der Waals surface area contributed by atoms with Crippen molar-refractivity contribution in [2.24, 2.45) is 0 Å². The van der Waals surface area contributed by atoms with Crippen LogP contribution in [0.4, 0.5) is 0 Å². The predicted octanol–water partition coefficient (Wildman–Crippen LogP) is -0.377. The highest BCUT2D eigenvalue weighted by atomic mass is 16.3. The molecule has 1 fully saturated rings. The van der Waals surface area contributed by atoms with Crippen LogP contribution in [-0.4, -0.2) is 23.8 Å². The summed E-state index contributed by atoms with van der Waals surface area (Å²) in [6.45, 7) is 0.400. The third-order valence-corrected chi connectivity index (χ3v) is 1.58. The topological polar surface area (TPSA) is 56.0 Å². The molecule has 0 unspecified atom stereocenters. The van der Waals surface area contributed by atoms with E-state index in [1.807, 2.05) is 6.07 Å². The average molecular weight is 126 g/mol. The molecule has 0 atom stereocenters. The second kappa shape index (κ2) is 2.81. The number of aliphatic hydroxyl groups is 1. The van der Waals surface area contributed by atoms with Crippen LogP contribution in [0, 0.1) is 11.3 Å². The van der Waals surface area contributed by atoms with Gasteiger partial charge in [0.15, 0.2) is 0 Å². The lowest BCUT2D eigenvalue weighted by molar-refractivity contribution is 0.0642. The number of nitrogens with zero attached hydrogens (tertiary/aromatic N) is 1. The van der Waals surface area contributed by atoms with E-state index in [9.17, 15) is 0 Å². The zero-order valence-corrected chi connectivity index (χ0v) is 5.17. The molecule has 0 spiro atoms. The van der Waals surface area contributed by atoms with Crippen LogP contribution in [0.25, 0.3) is 0 Å². The van der Waals surface area contributed by atoms with Gasteiger partial charge in [0, 0.05) is 6.04 Å². The van der Waals surface area contributed by atoms with Crippen LogP contribution in [0.1, 0.15) is 12.8 Å². The van der Waals surface area contributed by atoms with Crippen LogP contribution in [0.15, 0.2) is 0 Å². The summed E-state index contributed by atoms with van der Waals surface area (Å²) < 4.78 is 0. The van der Waals surface area contributed by atoms with E-state index in [4.69, 9.17) is 10.4 Å². The van der Waals surface area contributed by atoms with Gasteiger partial charge in [-0.2, -0.15) is 5.26 Å². The van der Waals surface area contributed by atoms with Crippen LogP contribution in [0.2, 0.25) is 0 Å². The van der Waals surface area contributed by atoms with Gasteiger partial charge in [0.2, 0.25) is 0 Å². The van der Waals surface area contributed by atoms with Crippen LogP contribution >= 0.6 is 0 Å². The standard InChI is InChI=1S/C6H10N2O/c7-1-2-8-5-3-6(9)4-5/h5-6,8-9H,2-4H2. The van der Waals surface area contributed by atoms with Crippen molar-refractivity contribution < 1.29 is 5.11 Å². The normalized spacial score (nSPS) is 32.9. The zero-order chi connectivity index (χ0) is 6.69. The summed E-state index contributed by atoms with van der Waals surface area (Å²) in [7, 11) is 0. The molecule has 0 heterocycles. The molecule has 0 amide bonds. The molecule has 2 N–H and O–H groups in total. The number of hydrogen-bond acceptors (Lipinski definition) is 3. The van der Waals surface area contributed by atoms with Crippen molar-refractivity contribution in [2.45, 2.75) is 25.0 Å². The summed E-state index contributed by atoms with van der Waals surface area (Å²) in [6, 6.07) is 2.38. The smallest absolute Gasteiger partial charge is 0.0843 e. The van der Waals surface area contributed by atoms with Crippen LogP contribution in [0.5, 0.6) is 0 Å². The predicted molar refractivity (Wildman–Crippen MR) is 32.6 cm³/mol. The van der Waals surface area contributed by atoms with Crippen molar-refractivity contribution in [2.75, 3.05) is 6.54 Å². The van der Waals surface area contributed by atoms with Crippen molar-refractivity contribution in [1.82, 2.24) is 5.32 Å². The van der Waals surface area contributed by atoms with Gasteiger partial charge in [0.1, 0.15) is 0 Å². The maximum Gasteiger partial charge on any atom is 0.0843 e. The molecular formula is C6H10N2O. The SMILES string of the molecule is N#CCNC1CC(O)C1. The highest BCUT2D eigenvalue weighted by molar-refractivity contribution is 4.87. The van der Waals surface area contributed by atoms with Gasteiger partial charge in [-0.3, -0.25) is 0 Å². The molecule has 0 aromatic heterocycles. The molecule has 9 heavy (non-hydrogen) atoms. The first-order chi connectivity index (χ1) is 4.33. The summed E-state index contributed by atoms with van der Waals surface area (Å²) in [5, 5.41) is 19.9. The fourth-order valence-corrected chi connectivity index (χ4v) is 0.944. The Kier molecular flexibility index (Phi) is 2.04. The van der Waals surface area contributed by atoms with E-state index in [0.29, 0.717) is 12.6 Å². The molecule has 0 bridgehead atoms. The Balaban J connectivity index is 1.99. The highest BCUT2D eigenvalue weighted by Crippen LogP contribution is 2.18. The van der Waals surface area contributed by atoms with E-state index in [1.165, 1.54) is 0 Å². The lowest BCUT2D eigenvalue weighted by Gasteiger charge is -2.31. The molecule has 1 saturated carbocycles. The largest absolute Gasteiger partial charge is 0.393 e. The lowest BCUT2D eigenvalue weighted by Crippen LogP contribution is -2.44. The van der Waals surface area contributed by atoms with Crippen LogP contribution in [0.3, 0.4) is 0 Å². The zero-order valence-electron chi connectivity index (χ0n) is 5.17. The van der Waals surface area contributed by atoms with Gasteiger partial charge in [-0.05, 0) is 12.8 Å². The average Bonchev–Trinajstić information content (AvgIpc) is 1.78. The lowest BCUT2D eigenvalue weighted by atomic mass is 9.90. The van der Waals surface area contributed by atoms with E-state index in [2.05, 4.69) is 5.32 Å². The highest BCUT2D eigenvalue weighted by Gasteiger charge is 2.25. The van der Waals surface area contributed by atoms with Gasteiger partial charge in [-0.25, -0.2) is 0 Å². The fourth-order valence-electron chi connectivity index (χ4n) is 0.944. The fraction of sp³-hybridized carbons (Fsp3) is 0.833. The van der Waals surface area contributed by atoms with Gasteiger partial charge in [0.25, 0.3) is 0 Å². The van der Waals surface area contributed by atoms with E-state index in [0.717, 1.165) is 12.8 Å². The van der Waals surface area contributed by atoms with Crippen molar-refractivity contribution >= 4 is 0 Å². The Bertz CT molecular complexity index is 124. The molecule has 1 aliphatic carbocycles. The summed E-state index contributed by atoms with van der Waals surface area (Å²) in [5.41, 5.74) is 0. The Labute approximate surface area is 54.3 Å². The van der Waals surface area contributed by atoms with Gasteiger partial charge in [-0.1, -0.05) is 0 Å². The first-order valence-corrected chi connectivity index (χ1v) is 3.11. The molecule has 0 aromatic carbocycles. The van der Waals surface area contributed by atoms with Gasteiger partial charge in [0.05, 0.1) is 18.7 Å². The minimum atomic E-state index is -0.124. The molecule has 1 aliphatic rings. The van der Waals surface area contributed by atoms with E-state index in [1.54, 1.807) is 0 Å². The molecule has 0 aliphatic heterocycles. The molecule has 0 saturated heterocycles. The van der Waals surface area contributed by atoms with Crippen molar-refractivity contribution in [1.29, 1.82) is 5.26 Å². The molecular weight excluding hydrogens is 116 g/mol. The third kappa shape index (κ3) is 1.67. The quantitative estimate of drug-likeness (QED) is 0.496. The van der Waals surface area contributed by atoms with Gasteiger partial charge < -0.3 is 10.4 Å². The molecule has 3 nitrogen and oxygen atoms in total. The molecule has 0 aromatic rings. The summed E-state index contributed by atoms with van der Waals surface area (Å²) in [5.74, 6) is 0. The minimum Gasteiger partial charge on any atom is -0.393 e. The minimum absolute atomic E-state index is 0.124. The Hall–Kier alpha value is -0.590. The second-order valence-electron chi connectivity index (χ2n) is 2.36. The maximum atomic E-state index is 8.79. The number of hydrogen-bond donors (Lipinski definition) is 2. The van der Waals surface area contributed by atoms with Crippen molar-refractivity contribution in [3.05, 3.63) is 0 Å². The third-order valence-electron chi connectivity index (χ3n) is 1.58. The van der Waals surface area contributed by atoms with Crippen molar-refractivity contribution in [3.63, 3.8) is 0 Å². The summed E-state index contributed by atoms with van der Waals surface area (Å²) in [4.78, 5) is 0. The maximum absolute atomic E-state index is 8.79. The van der Waals surface area contributed by atoms with E-state index < -0.39 is 0 Å². The van der Waals surface area contributed by atoms with Crippen LogP contribution < -0.4 is 5.32 Å². The van der Waals surface area contributed by atoms with Gasteiger partial charge >= 0.3 is 0 Å². The molecule has 3 heteroatoms. The van der Waals surface area contributed by atoms with Gasteiger partial charge in [-0.15, -0.1) is 0 Å². The number of nitrogens with one attached hydrogen (secondary N) is 1. The summed E-state index contributed by atoms with van der Waals surface area (Å²) >= 11 is 0.